The van der Waals surface area contributed by atoms with Crippen molar-refractivity contribution in [2.75, 3.05) is 46.8 Å². The Kier molecular flexibility index (Phi) is 8.31. The quantitative estimate of drug-likeness (QED) is 0.612. The van der Waals surface area contributed by atoms with Crippen molar-refractivity contribution in [2.45, 2.75) is 0 Å². The molecule has 0 unspecified atom stereocenters. The third-order valence-electron chi connectivity index (χ3n) is 2.35. The molecule has 0 amide bonds. The average Bonchev–Trinajstić information content (AvgIpc) is 2.47. The SMILES string of the molecule is COCCOCCOCCOc1ccc(C#N)cc1F. The summed E-state index contributed by atoms with van der Waals surface area (Å²) in [6.45, 7) is 2.60. The minimum Gasteiger partial charge on any atom is -0.488 e. The van der Waals surface area contributed by atoms with Gasteiger partial charge in [-0.3, -0.25) is 0 Å². The maximum absolute atomic E-state index is 13.4. The Bertz CT molecular complexity index is 434. The zero-order valence-electron chi connectivity index (χ0n) is 11.4. The summed E-state index contributed by atoms with van der Waals surface area (Å²) in [5, 5.41) is 8.61. The van der Waals surface area contributed by atoms with E-state index in [0.717, 1.165) is 6.07 Å². The van der Waals surface area contributed by atoms with Crippen LogP contribution in [0.4, 0.5) is 4.39 Å². The van der Waals surface area contributed by atoms with E-state index in [-0.39, 0.29) is 17.9 Å². The van der Waals surface area contributed by atoms with E-state index in [4.69, 9.17) is 24.2 Å². The Hall–Kier alpha value is -1.68. The van der Waals surface area contributed by atoms with Gasteiger partial charge in [-0.15, -0.1) is 0 Å². The van der Waals surface area contributed by atoms with Crippen LogP contribution in [0.5, 0.6) is 5.75 Å². The lowest BCUT2D eigenvalue weighted by molar-refractivity contribution is 0.0177. The summed E-state index contributed by atoms with van der Waals surface area (Å²) >= 11 is 0. The summed E-state index contributed by atoms with van der Waals surface area (Å²) in [4.78, 5) is 0. The van der Waals surface area contributed by atoms with Crippen molar-refractivity contribution >= 4 is 0 Å². The fourth-order valence-electron chi connectivity index (χ4n) is 1.36. The molecule has 1 rings (SSSR count). The second-order valence-electron chi connectivity index (χ2n) is 3.82. The maximum atomic E-state index is 13.4. The van der Waals surface area contributed by atoms with E-state index >= 15 is 0 Å². The average molecular weight is 283 g/mol. The third-order valence-corrected chi connectivity index (χ3v) is 2.35. The molecule has 0 aliphatic carbocycles. The Morgan fingerprint density at radius 3 is 2.30 bits per heavy atom. The summed E-state index contributed by atoms with van der Waals surface area (Å²) in [6.07, 6.45) is 0. The van der Waals surface area contributed by atoms with Gasteiger partial charge < -0.3 is 18.9 Å². The summed E-state index contributed by atoms with van der Waals surface area (Å²) in [6, 6.07) is 5.93. The molecule has 0 heterocycles. The first-order valence-corrected chi connectivity index (χ1v) is 6.25. The largest absolute Gasteiger partial charge is 0.488 e. The summed E-state index contributed by atoms with van der Waals surface area (Å²) in [5.74, 6) is -0.434. The van der Waals surface area contributed by atoms with Crippen molar-refractivity contribution in [1.29, 1.82) is 5.26 Å². The molecular formula is C14H18FNO4. The fourth-order valence-corrected chi connectivity index (χ4v) is 1.36. The standard InChI is InChI=1S/C14H18FNO4/c1-17-4-5-18-6-7-19-8-9-20-14-3-2-12(11-16)10-13(14)15/h2-3,10H,4-9H2,1H3. The lowest BCUT2D eigenvalue weighted by Gasteiger charge is -2.08. The summed E-state index contributed by atoms with van der Waals surface area (Å²) in [7, 11) is 1.61. The number of halogens is 1. The van der Waals surface area contributed by atoms with Crippen LogP contribution in [0.15, 0.2) is 18.2 Å². The lowest BCUT2D eigenvalue weighted by atomic mass is 10.2. The van der Waals surface area contributed by atoms with Crippen LogP contribution >= 0.6 is 0 Å². The second kappa shape index (κ2) is 10.1. The molecule has 0 aromatic heterocycles. The zero-order chi connectivity index (χ0) is 14.6. The second-order valence-corrected chi connectivity index (χ2v) is 3.82. The van der Waals surface area contributed by atoms with Gasteiger partial charge in [-0.25, -0.2) is 4.39 Å². The van der Waals surface area contributed by atoms with Gasteiger partial charge in [-0.2, -0.15) is 5.26 Å². The summed E-state index contributed by atoms with van der Waals surface area (Å²) < 4.78 is 33.9. The fraction of sp³-hybridized carbons (Fsp3) is 0.500. The molecule has 6 heteroatoms. The first kappa shape index (κ1) is 16.4. The van der Waals surface area contributed by atoms with E-state index in [2.05, 4.69) is 0 Å². The van der Waals surface area contributed by atoms with Gasteiger partial charge in [-0.1, -0.05) is 0 Å². The topological polar surface area (TPSA) is 60.7 Å². The number of nitriles is 1. The van der Waals surface area contributed by atoms with E-state index in [9.17, 15) is 4.39 Å². The smallest absolute Gasteiger partial charge is 0.166 e. The monoisotopic (exact) mass is 283 g/mol. The Morgan fingerprint density at radius 2 is 1.70 bits per heavy atom. The van der Waals surface area contributed by atoms with E-state index in [1.807, 2.05) is 6.07 Å². The van der Waals surface area contributed by atoms with Crippen LogP contribution in [0.3, 0.4) is 0 Å². The van der Waals surface area contributed by atoms with E-state index in [1.165, 1.54) is 12.1 Å². The molecule has 0 radical (unpaired) electrons. The molecule has 0 saturated heterocycles. The highest BCUT2D eigenvalue weighted by Crippen LogP contribution is 2.17. The normalized spacial score (nSPS) is 10.2. The minimum atomic E-state index is -0.549. The first-order chi connectivity index (χ1) is 9.77. The number of hydrogen-bond donors (Lipinski definition) is 0. The molecule has 0 atom stereocenters. The number of rotatable bonds is 10. The molecule has 0 aliphatic heterocycles. The molecule has 1 aromatic rings. The van der Waals surface area contributed by atoms with E-state index in [1.54, 1.807) is 7.11 Å². The number of ether oxygens (including phenoxy) is 4. The van der Waals surface area contributed by atoms with Crippen LogP contribution < -0.4 is 4.74 Å². The third kappa shape index (κ3) is 6.48. The van der Waals surface area contributed by atoms with Gasteiger partial charge in [-0.05, 0) is 18.2 Å². The Labute approximate surface area is 117 Å². The lowest BCUT2D eigenvalue weighted by Crippen LogP contribution is -2.12. The van der Waals surface area contributed by atoms with Gasteiger partial charge in [0.15, 0.2) is 11.6 Å². The number of methoxy groups -OCH3 is 1. The Balaban J connectivity index is 2.08. The Morgan fingerprint density at radius 1 is 1.05 bits per heavy atom. The van der Waals surface area contributed by atoms with Crippen LogP contribution in [-0.2, 0) is 14.2 Å². The van der Waals surface area contributed by atoms with E-state index in [0.29, 0.717) is 33.0 Å². The molecule has 0 fully saturated rings. The van der Waals surface area contributed by atoms with Crippen LogP contribution in [0.25, 0.3) is 0 Å². The highest BCUT2D eigenvalue weighted by Gasteiger charge is 2.04. The molecule has 0 saturated carbocycles. The molecule has 5 nitrogen and oxygen atoms in total. The van der Waals surface area contributed by atoms with Crippen LogP contribution in [-0.4, -0.2) is 46.8 Å². The van der Waals surface area contributed by atoms with E-state index < -0.39 is 5.82 Å². The molecule has 1 aromatic carbocycles. The molecule has 0 bridgehead atoms. The molecule has 0 aliphatic rings. The van der Waals surface area contributed by atoms with Gasteiger partial charge >= 0.3 is 0 Å². The predicted octanol–water partition coefficient (Wildman–Crippen LogP) is 1.76. The van der Waals surface area contributed by atoms with Crippen molar-refractivity contribution in [3.63, 3.8) is 0 Å². The van der Waals surface area contributed by atoms with Gasteiger partial charge in [0.1, 0.15) is 6.61 Å². The zero-order valence-corrected chi connectivity index (χ0v) is 11.4. The van der Waals surface area contributed by atoms with Crippen molar-refractivity contribution in [3.05, 3.63) is 29.6 Å². The van der Waals surface area contributed by atoms with Crippen molar-refractivity contribution in [3.8, 4) is 11.8 Å². The van der Waals surface area contributed by atoms with Crippen LogP contribution in [0.1, 0.15) is 5.56 Å². The minimum absolute atomic E-state index is 0.115. The van der Waals surface area contributed by atoms with Gasteiger partial charge in [0.25, 0.3) is 0 Å². The number of nitrogens with zero attached hydrogens (tertiary/aromatic N) is 1. The van der Waals surface area contributed by atoms with Crippen LogP contribution in [0.2, 0.25) is 0 Å². The van der Waals surface area contributed by atoms with Crippen molar-refractivity contribution < 1.29 is 23.3 Å². The van der Waals surface area contributed by atoms with Gasteiger partial charge in [0, 0.05) is 7.11 Å². The van der Waals surface area contributed by atoms with Crippen LogP contribution in [0, 0.1) is 17.1 Å². The highest BCUT2D eigenvalue weighted by molar-refractivity contribution is 5.35. The summed E-state index contributed by atoms with van der Waals surface area (Å²) in [5.41, 5.74) is 0.263. The molecule has 0 spiro atoms. The van der Waals surface area contributed by atoms with Gasteiger partial charge in [0.2, 0.25) is 0 Å². The maximum Gasteiger partial charge on any atom is 0.166 e. The van der Waals surface area contributed by atoms with Crippen molar-refractivity contribution in [1.82, 2.24) is 0 Å². The number of benzene rings is 1. The number of hydrogen-bond acceptors (Lipinski definition) is 5. The molecular weight excluding hydrogens is 265 g/mol. The highest BCUT2D eigenvalue weighted by atomic mass is 19.1. The predicted molar refractivity (Wildman–Crippen MR) is 70.1 cm³/mol. The molecule has 110 valence electrons. The molecule has 0 N–H and O–H groups in total. The molecule has 20 heavy (non-hydrogen) atoms. The first-order valence-electron chi connectivity index (χ1n) is 6.25. The van der Waals surface area contributed by atoms with Gasteiger partial charge in [0.05, 0.1) is 44.7 Å². The van der Waals surface area contributed by atoms with Crippen molar-refractivity contribution in [2.24, 2.45) is 0 Å².